The molecule has 102 valence electrons. The van der Waals surface area contributed by atoms with E-state index in [1.807, 2.05) is 54.6 Å². The minimum absolute atomic E-state index is 0.217. The van der Waals surface area contributed by atoms with E-state index in [0.717, 1.165) is 21.9 Å². The molecule has 0 spiro atoms. The average Bonchev–Trinajstić information content (AvgIpc) is 3.10. The molecule has 0 radical (unpaired) electrons. The second-order valence-electron chi connectivity index (χ2n) is 4.83. The molecule has 0 fully saturated rings. The Morgan fingerprint density at radius 1 is 0.952 bits per heavy atom. The first-order valence-electron chi connectivity index (χ1n) is 6.63. The highest BCUT2D eigenvalue weighted by atomic mass is 16.2. The minimum Gasteiger partial charge on any atom is -0.351 e. The van der Waals surface area contributed by atoms with Gasteiger partial charge in [-0.1, -0.05) is 30.3 Å². The van der Waals surface area contributed by atoms with Crippen molar-refractivity contribution in [1.29, 1.82) is 0 Å². The summed E-state index contributed by atoms with van der Waals surface area (Å²) in [6.07, 6.45) is 0. The molecule has 4 aromatic rings. The van der Waals surface area contributed by atoms with E-state index in [9.17, 15) is 4.79 Å². The molecular formula is C16H12N4O. The summed E-state index contributed by atoms with van der Waals surface area (Å²) in [4.78, 5) is 22.8. The molecular weight excluding hydrogens is 264 g/mol. The summed E-state index contributed by atoms with van der Waals surface area (Å²) in [6.45, 7) is 0. The highest BCUT2D eigenvalue weighted by Gasteiger charge is 2.11. The Balaban J connectivity index is 1.65. The van der Waals surface area contributed by atoms with E-state index in [-0.39, 0.29) is 5.91 Å². The number of carbonyl (C=O) groups is 1. The smallest absolute Gasteiger partial charge is 0.274 e. The molecule has 0 bridgehead atoms. The van der Waals surface area contributed by atoms with E-state index in [1.165, 1.54) is 0 Å². The van der Waals surface area contributed by atoms with E-state index >= 15 is 0 Å². The van der Waals surface area contributed by atoms with Gasteiger partial charge < -0.3 is 9.97 Å². The maximum absolute atomic E-state index is 12.3. The molecule has 4 rings (SSSR count). The van der Waals surface area contributed by atoms with Crippen molar-refractivity contribution in [3.63, 3.8) is 0 Å². The topological polar surface area (TPSA) is 73.6 Å². The Hall–Kier alpha value is -3.08. The van der Waals surface area contributed by atoms with Gasteiger partial charge in [-0.15, -0.1) is 0 Å². The number of benzene rings is 2. The van der Waals surface area contributed by atoms with E-state index in [1.54, 1.807) is 0 Å². The normalized spacial score (nSPS) is 11.0. The average molecular weight is 276 g/mol. The van der Waals surface area contributed by atoms with Gasteiger partial charge in [0.15, 0.2) is 0 Å². The Morgan fingerprint density at radius 3 is 2.52 bits per heavy atom. The number of hydrogen-bond acceptors (Lipinski definition) is 2. The predicted molar refractivity (Wildman–Crippen MR) is 82.3 cm³/mol. The van der Waals surface area contributed by atoms with Crippen molar-refractivity contribution in [3.05, 3.63) is 60.3 Å². The minimum atomic E-state index is -0.217. The van der Waals surface area contributed by atoms with Gasteiger partial charge in [0.25, 0.3) is 5.91 Å². The Bertz CT molecular complexity index is 885. The standard InChI is InChI=1S/C16H12N4O/c21-15(14-9-10-5-1-2-6-11(10)17-14)20-16-18-12-7-3-4-8-13(12)19-16/h1-9,17H,(H2,18,19,20,21). The van der Waals surface area contributed by atoms with Crippen LogP contribution in [0.4, 0.5) is 5.95 Å². The number of carbonyl (C=O) groups excluding carboxylic acids is 1. The van der Waals surface area contributed by atoms with Crippen molar-refractivity contribution in [3.8, 4) is 0 Å². The summed E-state index contributed by atoms with van der Waals surface area (Å²) < 4.78 is 0. The van der Waals surface area contributed by atoms with Crippen LogP contribution in [0.1, 0.15) is 10.5 Å². The molecule has 5 heteroatoms. The van der Waals surface area contributed by atoms with Gasteiger partial charge in [-0.3, -0.25) is 10.1 Å². The summed E-state index contributed by atoms with van der Waals surface area (Å²) in [7, 11) is 0. The van der Waals surface area contributed by atoms with Crippen LogP contribution in [0.25, 0.3) is 21.9 Å². The van der Waals surface area contributed by atoms with Crippen LogP contribution in [-0.4, -0.2) is 20.9 Å². The van der Waals surface area contributed by atoms with Crippen LogP contribution in [0.2, 0.25) is 0 Å². The number of nitrogens with zero attached hydrogens (tertiary/aromatic N) is 1. The Labute approximate surface area is 120 Å². The Kier molecular flexibility index (Phi) is 2.50. The van der Waals surface area contributed by atoms with Crippen molar-refractivity contribution in [1.82, 2.24) is 15.0 Å². The second-order valence-corrected chi connectivity index (χ2v) is 4.83. The lowest BCUT2D eigenvalue weighted by Gasteiger charge is -1.98. The van der Waals surface area contributed by atoms with Crippen LogP contribution < -0.4 is 5.32 Å². The number of aromatic amines is 2. The van der Waals surface area contributed by atoms with Crippen LogP contribution in [0.3, 0.4) is 0 Å². The largest absolute Gasteiger partial charge is 0.351 e. The van der Waals surface area contributed by atoms with Crippen molar-refractivity contribution in [2.24, 2.45) is 0 Å². The molecule has 2 aromatic heterocycles. The first kappa shape index (κ1) is 11.7. The Morgan fingerprint density at radius 2 is 1.71 bits per heavy atom. The maximum Gasteiger partial charge on any atom is 0.274 e. The van der Waals surface area contributed by atoms with Crippen LogP contribution in [0.5, 0.6) is 0 Å². The molecule has 0 saturated heterocycles. The summed E-state index contributed by atoms with van der Waals surface area (Å²) in [5, 5.41) is 3.78. The van der Waals surface area contributed by atoms with E-state index in [2.05, 4.69) is 20.3 Å². The van der Waals surface area contributed by atoms with Crippen LogP contribution in [-0.2, 0) is 0 Å². The third kappa shape index (κ3) is 2.04. The molecule has 2 heterocycles. The fourth-order valence-electron chi connectivity index (χ4n) is 2.38. The summed E-state index contributed by atoms with van der Waals surface area (Å²) >= 11 is 0. The van der Waals surface area contributed by atoms with Crippen molar-refractivity contribution < 1.29 is 4.79 Å². The second kappa shape index (κ2) is 4.49. The monoisotopic (exact) mass is 276 g/mol. The summed E-state index contributed by atoms with van der Waals surface area (Å²) in [5.41, 5.74) is 3.16. The highest BCUT2D eigenvalue weighted by molar-refractivity contribution is 6.05. The number of rotatable bonds is 2. The molecule has 0 atom stereocenters. The molecule has 21 heavy (non-hydrogen) atoms. The zero-order valence-corrected chi connectivity index (χ0v) is 11.1. The highest BCUT2D eigenvalue weighted by Crippen LogP contribution is 2.17. The lowest BCUT2D eigenvalue weighted by molar-refractivity contribution is 0.102. The molecule has 0 saturated carbocycles. The molecule has 0 aliphatic carbocycles. The van der Waals surface area contributed by atoms with Gasteiger partial charge in [0.2, 0.25) is 5.95 Å². The first-order valence-corrected chi connectivity index (χ1v) is 6.63. The summed E-state index contributed by atoms with van der Waals surface area (Å²) in [6, 6.07) is 17.2. The van der Waals surface area contributed by atoms with Crippen LogP contribution >= 0.6 is 0 Å². The van der Waals surface area contributed by atoms with E-state index < -0.39 is 0 Å². The number of aromatic nitrogens is 3. The summed E-state index contributed by atoms with van der Waals surface area (Å²) in [5.74, 6) is 0.227. The van der Waals surface area contributed by atoms with Crippen molar-refractivity contribution in [2.75, 3.05) is 5.32 Å². The fourth-order valence-corrected chi connectivity index (χ4v) is 2.38. The van der Waals surface area contributed by atoms with Gasteiger partial charge in [0.05, 0.1) is 11.0 Å². The fraction of sp³-hybridized carbons (Fsp3) is 0. The molecule has 1 amide bonds. The number of anilines is 1. The molecule has 0 unspecified atom stereocenters. The molecule has 2 aromatic carbocycles. The number of H-pyrrole nitrogens is 2. The molecule has 3 N–H and O–H groups in total. The van der Waals surface area contributed by atoms with Gasteiger partial charge >= 0.3 is 0 Å². The van der Waals surface area contributed by atoms with Crippen molar-refractivity contribution >= 4 is 33.8 Å². The quantitative estimate of drug-likeness (QED) is 0.525. The number of nitrogens with one attached hydrogen (secondary N) is 3. The predicted octanol–water partition coefficient (Wildman–Crippen LogP) is 3.30. The van der Waals surface area contributed by atoms with Crippen molar-refractivity contribution in [2.45, 2.75) is 0 Å². The number of amides is 1. The van der Waals surface area contributed by atoms with Gasteiger partial charge in [0.1, 0.15) is 5.69 Å². The molecule has 0 aliphatic heterocycles. The number of fused-ring (bicyclic) bond motifs is 2. The maximum atomic E-state index is 12.3. The number of hydrogen-bond donors (Lipinski definition) is 3. The third-order valence-electron chi connectivity index (χ3n) is 3.40. The molecule has 5 nitrogen and oxygen atoms in total. The van der Waals surface area contributed by atoms with Gasteiger partial charge in [0, 0.05) is 10.9 Å². The first-order chi connectivity index (χ1) is 10.3. The number of para-hydroxylation sites is 3. The van der Waals surface area contributed by atoms with Crippen LogP contribution in [0, 0.1) is 0 Å². The van der Waals surface area contributed by atoms with E-state index in [4.69, 9.17) is 0 Å². The molecule has 0 aliphatic rings. The number of imidazole rings is 1. The zero-order valence-electron chi connectivity index (χ0n) is 11.1. The van der Waals surface area contributed by atoms with Gasteiger partial charge in [-0.05, 0) is 24.3 Å². The zero-order chi connectivity index (χ0) is 14.2. The van der Waals surface area contributed by atoms with Gasteiger partial charge in [-0.25, -0.2) is 4.98 Å². The third-order valence-corrected chi connectivity index (χ3v) is 3.40. The van der Waals surface area contributed by atoms with E-state index in [0.29, 0.717) is 11.6 Å². The lowest BCUT2D eigenvalue weighted by atomic mass is 10.2. The van der Waals surface area contributed by atoms with Crippen LogP contribution in [0.15, 0.2) is 54.6 Å². The SMILES string of the molecule is O=C(Nc1nc2ccccc2[nH]1)c1cc2ccccc2[nH]1. The van der Waals surface area contributed by atoms with Gasteiger partial charge in [-0.2, -0.15) is 0 Å². The lowest BCUT2D eigenvalue weighted by Crippen LogP contribution is -2.13.